The van der Waals surface area contributed by atoms with E-state index in [1.54, 1.807) is 16.9 Å². The van der Waals surface area contributed by atoms with Gasteiger partial charge in [-0.2, -0.15) is 4.98 Å². The number of hydrogen-bond donors (Lipinski definition) is 1. The average Bonchev–Trinajstić information content (AvgIpc) is 3.12. The van der Waals surface area contributed by atoms with Crippen molar-refractivity contribution in [3.05, 3.63) is 65.2 Å². The van der Waals surface area contributed by atoms with Crippen LogP contribution in [0, 0.1) is 12.3 Å². The van der Waals surface area contributed by atoms with Crippen LogP contribution in [-0.2, 0) is 6.54 Å². The van der Waals surface area contributed by atoms with Crippen molar-refractivity contribution in [2.75, 3.05) is 43.4 Å². The first-order valence-electron chi connectivity index (χ1n) is 10.8. The van der Waals surface area contributed by atoms with Crippen molar-refractivity contribution in [2.24, 2.45) is 0 Å². The first-order chi connectivity index (χ1) is 16.1. The number of aromatic nitrogens is 5. The van der Waals surface area contributed by atoms with Gasteiger partial charge in [-0.05, 0) is 43.4 Å². The quantitative estimate of drug-likeness (QED) is 0.476. The Balaban J connectivity index is 1.46. The second-order valence-corrected chi connectivity index (χ2v) is 7.96. The van der Waals surface area contributed by atoms with Gasteiger partial charge in [-0.15, -0.1) is 6.42 Å². The third-order valence-electron chi connectivity index (χ3n) is 5.77. The highest BCUT2D eigenvalue weighted by Gasteiger charge is 2.18. The highest BCUT2D eigenvalue weighted by atomic mass is 16.1. The van der Waals surface area contributed by atoms with Crippen molar-refractivity contribution in [3.8, 4) is 18.2 Å². The second kappa shape index (κ2) is 8.76. The molecular weight excluding hydrogens is 416 g/mol. The Labute approximate surface area is 191 Å². The molecule has 5 rings (SSSR count). The van der Waals surface area contributed by atoms with Gasteiger partial charge in [0.25, 0.3) is 5.56 Å². The first kappa shape index (κ1) is 20.7. The van der Waals surface area contributed by atoms with E-state index in [0.717, 1.165) is 31.9 Å². The van der Waals surface area contributed by atoms with E-state index >= 15 is 0 Å². The summed E-state index contributed by atoms with van der Waals surface area (Å²) in [6.07, 6.45) is 8.69. The predicted molar refractivity (Wildman–Crippen MR) is 129 cm³/mol. The molecule has 166 valence electrons. The minimum absolute atomic E-state index is 0.0995. The number of benzene rings is 1. The SMILES string of the molecule is C#CCn1c(=O)c2cnc(Nc3ccc(N4CCN(C)CC4)cc3)nc2n1-c1ccccn1. The number of fused-ring (bicyclic) bond motifs is 1. The lowest BCUT2D eigenvalue weighted by molar-refractivity contribution is 0.313. The average molecular weight is 441 g/mol. The fourth-order valence-corrected chi connectivity index (χ4v) is 3.98. The highest BCUT2D eigenvalue weighted by molar-refractivity contribution is 5.77. The zero-order valence-electron chi connectivity index (χ0n) is 18.3. The van der Waals surface area contributed by atoms with Gasteiger partial charge in [-0.1, -0.05) is 12.0 Å². The van der Waals surface area contributed by atoms with E-state index in [-0.39, 0.29) is 12.1 Å². The number of rotatable bonds is 5. The van der Waals surface area contributed by atoms with Gasteiger partial charge in [-0.25, -0.2) is 19.3 Å². The Morgan fingerprint density at radius 1 is 1.06 bits per heavy atom. The molecule has 0 unspecified atom stereocenters. The normalized spacial score (nSPS) is 14.4. The number of anilines is 3. The summed E-state index contributed by atoms with van der Waals surface area (Å²) in [6, 6.07) is 13.7. The molecule has 1 aromatic carbocycles. The molecule has 0 atom stereocenters. The Bertz CT molecular complexity index is 1360. The molecule has 0 radical (unpaired) electrons. The van der Waals surface area contributed by atoms with Crippen LogP contribution in [0.25, 0.3) is 16.9 Å². The van der Waals surface area contributed by atoms with Gasteiger partial charge in [0.2, 0.25) is 5.95 Å². The molecular formula is C24H24N8O. The van der Waals surface area contributed by atoms with Crippen molar-refractivity contribution in [1.82, 2.24) is 29.2 Å². The zero-order valence-corrected chi connectivity index (χ0v) is 18.3. The van der Waals surface area contributed by atoms with E-state index in [1.807, 2.05) is 24.3 Å². The monoisotopic (exact) mass is 440 g/mol. The summed E-state index contributed by atoms with van der Waals surface area (Å²) in [5.41, 5.74) is 2.25. The van der Waals surface area contributed by atoms with Crippen LogP contribution >= 0.6 is 0 Å². The predicted octanol–water partition coefficient (Wildman–Crippen LogP) is 2.11. The van der Waals surface area contributed by atoms with Crippen molar-refractivity contribution in [1.29, 1.82) is 0 Å². The summed E-state index contributed by atoms with van der Waals surface area (Å²) in [6.45, 7) is 4.25. The molecule has 1 aliphatic rings. The van der Waals surface area contributed by atoms with Crippen molar-refractivity contribution in [3.63, 3.8) is 0 Å². The number of hydrogen-bond acceptors (Lipinski definition) is 7. The molecule has 9 nitrogen and oxygen atoms in total. The lowest BCUT2D eigenvalue weighted by Gasteiger charge is -2.34. The minimum atomic E-state index is -0.253. The number of nitrogens with zero attached hydrogens (tertiary/aromatic N) is 7. The molecule has 3 aromatic heterocycles. The van der Waals surface area contributed by atoms with E-state index in [0.29, 0.717) is 22.8 Å². The summed E-state index contributed by atoms with van der Waals surface area (Å²) in [5, 5.41) is 3.62. The molecule has 33 heavy (non-hydrogen) atoms. The van der Waals surface area contributed by atoms with Crippen LogP contribution in [0.5, 0.6) is 0 Å². The van der Waals surface area contributed by atoms with E-state index in [1.165, 1.54) is 16.6 Å². The Morgan fingerprint density at radius 2 is 1.85 bits per heavy atom. The molecule has 0 bridgehead atoms. The van der Waals surface area contributed by atoms with Gasteiger partial charge >= 0.3 is 0 Å². The summed E-state index contributed by atoms with van der Waals surface area (Å²) in [4.78, 5) is 31.0. The smallest absolute Gasteiger partial charge is 0.279 e. The number of piperazine rings is 1. The van der Waals surface area contributed by atoms with E-state index in [2.05, 4.69) is 55.2 Å². The number of pyridine rings is 1. The molecule has 1 N–H and O–H groups in total. The van der Waals surface area contributed by atoms with E-state index < -0.39 is 0 Å². The van der Waals surface area contributed by atoms with Gasteiger partial charge in [0, 0.05) is 49.9 Å². The summed E-state index contributed by atoms with van der Waals surface area (Å²) in [5.74, 6) is 3.47. The fraction of sp³-hybridized carbons (Fsp3) is 0.250. The molecule has 1 fully saturated rings. The molecule has 4 heterocycles. The number of terminal acetylenes is 1. The molecule has 0 amide bonds. The van der Waals surface area contributed by atoms with Crippen LogP contribution in [0.3, 0.4) is 0 Å². The third-order valence-corrected chi connectivity index (χ3v) is 5.77. The largest absolute Gasteiger partial charge is 0.369 e. The van der Waals surface area contributed by atoms with Crippen molar-refractivity contribution in [2.45, 2.75) is 6.54 Å². The van der Waals surface area contributed by atoms with Crippen LogP contribution in [0.4, 0.5) is 17.3 Å². The standard InChI is InChI=1S/C24H24N8O/c1-3-12-31-23(33)20-17-26-24(28-22(20)32(31)21-6-4-5-11-25-21)27-18-7-9-19(10-8-18)30-15-13-29(2)14-16-30/h1,4-11,17H,12-16H2,2H3,(H,26,27,28). The molecule has 0 saturated carbocycles. The van der Waals surface area contributed by atoms with Gasteiger partial charge in [-0.3, -0.25) is 4.79 Å². The molecule has 1 saturated heterocycles. The van der Waals surface area contributed by atoms with Crippen LogP contribution < -0.4 is 15.8 Å². The van der Waals surface area contributed by atoms with Crippen molar-refractivity contribution < 1.29 is 0 Å². The molecule has 1 aliphatic heterocycles. The lowest BCUT2D eigenvalue weighted by Crippen LogP contribution is -2.44. The van der Waals surface area contributed by atoms with Gasteiger partial charge in [0.15, 0.2) is 11.5 Å². The maximum absolute atomic E-state index is 12.9. The van der Waals surface area contributed by atoms with E-state index in [9.17, 15) is 4.79 Å². The molecule has 4 aromatic rings. The maximum atomic E-state index is 12.9. The molecule has 0 aliphatic carbocycles. The topological polar surface area (TPSA) is 84.1 Å². The summed E-state index contributed by atoms with van der Waals surface area (Å²) in [7, 11) is 2.15. The van der Waals surface area contributed by atoms with Gasteiger partial charge in [0.1, 0.15) is 11.9 Å². The van der Waals surface area contributed by atoms with Crippen LogP contribution in [0.2, 0.25) is 0 Å². The molecule has 9 heteroatoms. The minimum Gasteiger partial charge on any atom is -0.369 e. The zero-order chi connectivity index (χ0) is 22.8. The maximum Gasteiger partial charge on any atom is 0.279 e. The van der Waals surface area contributed by atoms with Crippen LogP contribution in [-0.4, -0.2) is 62.4 Å². The van der Waals surface area contributed by atoms with Gasteiger partial charge < -0.3 is 15.1 Å². The molecule has 0 spiro atoms. The Morgan fingerprint density at radius 3 is 2.55 bits per heavy atom. The lowest BCUT2D eigenvalue weighted by atomic mass is 10.2. The van der Waals surface area contributed by atoms with Gasteiger partial charge in [0.05, 0.1) is 0 Å². The first-order valence-corrected chi connectivity index (χ1v) is 10.8. The van der Waals surface area contributed by atoms with Crippen LogP contribution in [0.1, 0.15) is 0 Å². The highest BCUT2D eigenvalue weighted by Crippen LogP contribution is 2.22. The second-order valence-electron chi connectivity index (χ2n) is 7.96. The Kier molecular flexibility index (Phi) is 5.50. The van der Waals surface area contributed by atoms with Crippen LogP contribution in [0.15, 0.2) is 59.7 Å². The number of nitrogens with one attached hydrogen (secondary N) is 1. The van der Waals surface area contributed by atoms with E-state index in [4.69, 9.17) is 6.42 Å². The van der Waals surface area contributed by atoms with Crippen molar-refractivity contribution >= 4 is 28.4 Å². The third kappa shape index (κ3) is 4.04. The number of likely N-dealkylation sites (N-methyl/N-ethyl adjacent to an activating group) is 1. The fourth-order valence-electron chi connectivity index (χ4n) is 3.98. The Hall–Kier alpha value is -4.16. The summed E-state index contributed by atoms with van der Waals surface area (Å²) < 4.78 is 3.08. The summed E-state index contributed by atoms with van der Waals surface area (Å²) >= 11 is 0.